The van der Waals surface area contributed by atoms with Gasteiger partial charge in [-0.25, -0.2) is 8.42 Å². The van der Waals surface area contributed by atoms with Crippen LogP contribution in [0.3, 0.4) is 0 Å². The predicted octanol–water partition coefficient (Wildman–Crippen LogP) is 2.00. The van der Waals surface area contributed by atoms with E-state index in [0.29, 0.717) is 11.3 Å². The van der Waals surface area contributed by atoms with Crippen molar-refractivity contribution in [2.45, 2.75) is 19.2 Å². The summed E-state index contributed by atoms with van der Waals surface area (Å²) in [6.07, 6.45) is 0. The maximum atomic E-state index is 11.5. The van der Waals surface area contributed by atoms with Crippen LogP contribution in [0.4, 0.5) is 11.4 Å². The van der Waals surface area contributed by atoms with E-state index in [2.05, 4.69) is 24.5 Å². The summed E-state index contributed by atoms with van der Waals surface area (Å²) in [4.78, 5) is 1.90. The third-order valence-electron chi connectivity index (χ3n) is 3.65. The van der Waals surface area contributed by atoms with Crippen molar-refractivity contribution in [1.29, 1.82) is 0 Å². The number of hydrogen-bond donors (Lipinski definition) is 2. The SMILES string of the molecule is CC[NH2+]CC.CN(C)c1ccc(C(Nc2ccccc2)S(=O)(=O)[O-])cc1. The maximum absolute atomic E-state index is 11.5. The Morgan fingerprint density at radius 3 is 1.92 bits per heavy atom. The van der Waals surface area contributed by atoms with Crippen LogP contribution in [-0.4, -0.2) is 40.2 Å². The summed E-state index contributed by atoms with van der Waals surface area (Å²) >= 11 is 0. The van der Waals surface area contributed by atoms with E-state index in [1.165, 1.54) is 13.1 Å². The topological polar surface area (TPSA) is 89.1 Å². The predicted molar refractivity (Wildman–Crippen MR) is 106 cm³/mol. The summed E-state index contributed by atoms with van der Waals surface area (Å²) in [5.41, 5.74) is 1.93. The number of hydrogen-bond acceptors (Lipinski definition) is 5. The molecule has 0 saturated carbocycles. The highest BCUT2D eigenvalue weighted by Crippen LogP contribution is 2.25. The Morgan fingerprint density at radius 2 is 1.54 bits per heavy atom. The molecule has 0 heterocycles. The minimum absolute atomic E-state index is 0.416. The molecule has 0 fully saturated rings. The molecule has 0 aliphatic heterocycles. The highest BCUT2D eigenvalue weighted by atomic mass is 32.2. The van der Waals surface area contributed by atoms with E-state index in [1.54, 1.807) is 48.5 Å². The quantitative estimate of drug-likeness (QED) is 0.718. The molecule has 1 atom stereocenters. The van der Waals surface area contributed by atoms with Gasteiger partial charge < -0.3 is 20.1 Å². The summed E-state index contributed by atoms with van der Waals surface area (Å²) in [6.45, 7) is 6.75. The van der Waals surface area contributed by atoms with E-state index in [-0.39, 0.29) is 0 Å². The molecule has 3 N–H and O–H groups in total. The lowest BCUT2D eigenvalue weighted by Gasteiger charge is -2.24. The van der Waals surface area contributed by atoms with Crippen LogP contribution in [0.2, 0.25) is 0 Å². The highest BCUT2D eigenvalue weighted by Gasteiger charge is 2.18. The molecule has 1 unspecified atom stereocenters. The highest BCUT2D eigenvalue weighted by molar-refractivity contribution is 7.86. The van der Waals surface area contributed by atoms with E-state index < -0.39 is 15.5 Å². The van der Waals surface area contributed by atoms with Gasteiger partial charge in [-0.1, -0.05) is 30.3 Å². The van der Waals surface area contributed by atoms with Gasteiger partial charge in [0.1, 0.15) is 15.5 Å². The average molecular weight is 380 g/mol. The molecular weight excluding hydrogens is 350 g/mol. The van der Waals surface area contributed by atoms with Gasteiger partial charge in [-0.05, 0) is 43.7 Å². The van der Waals surface area contributed by atoms with Gasteiger partial charge in [0.15, 0.2) is 0 Å². The zero-order valence-corrected chi connectivity index (χ0v) is 16.7. The Kier molecular flexibility index (Phi) is 9.12. The number of nitrogens with two attached hydrogens (primary N) is 1. The van der Waals surface area contributed by atoms with Crippen molar-refractivity contribution in [3.8, 4) is 0 Å². The van der Waals surface area contributed by atoms with E-state index in [0.717, 1.165) is 5.69 Å². The normalized spacial score (nSPS) is 11.9. The molecule has 0 aromatic heterocycles. The van der Waals surface area contributed by atoms with Crippen LogP contribution < -0.4 is 15.5 Å². The van der Waals surface area contributed by atoms with Gasteiger partial charge in [-0.15, -0.1) is 0 Å². The first-order valence-corrected chi connectivity index (χ1v) is 10.1. The first-order valence-electron chi connectivity index (χ1n) is 8.64. The second kappa shape index (κ2) is 10.8. The first kappa shape index (κ1) is 22.0. The van der Waals surface area contributed by atoms with Crippen LogP contribution in [0.1, 0.15) is 24.8 Å². The molecule has 7 heteroatoms. The van der Waals surface area contributed by atoms with E-state index in [4.69, 9.17) is 0 Å². The van der Waals surface area contributed by atoms with E-state index in [9.17, 15) is 13.0 Å². The molecule has 2 rings (SSSR count). The minimum atomic E-state index is -4.52. The maximum Gasteiger partial charge on any atom is 0.143 e. The Morgan fingerprint density at radius 1 is 1.00 bits per heavy atom. The summed E-state index contributed by atoms with van der Waals surface area (Å²) in [5, 5.41) is 3.71. The molecule has 2 aromatic rings. The second-order valence-corrected chi connectivity index (χ2v) is 7.43. The summed E-state index contributed by atoms with van der Waals surface area (Å²) in [7, 11) is -0.748. The van der Waals surface area contributed by atoms with Gasteiger partial charge in [-0.3, -0.25) is 0 Å². The number of benzene rings is 2. The molecule has 144 valence electrons. The van der Waals surface area contributed by atoms with Crippen LogP contribution >= 0.6 is 0 Å². The standard InChI is InChI=1S/C15H18N2O3S.C4H11N/c1-17(2)14-10-8-12(9-11-14)15(21(18,19)20)16-13-6-4-3-5-7-13;1-3-5-4-2/h3-11,15-16H,1-2H3,(H,18,19,20);5H,3-4H2,1-2H3. The molecule has 0 aliphatic rings. The lowest BCUT2D eigenvalue weighted by molar-refractivity contribution is -0.648. The van der Waals surface area contributed by atoms with Crippen molar-refractivity contribution in [3.63, 3.8) is 0 Å². The van der Waals surface area contributed by atoms with Gasteiger partial charge in [0.2, 0.25) is 0 Å². The van der Waals surface area contributed by atoms with Gasteiger partial charge in [0, 0.05) is 25.5 Å². The number of nitrogens with zero attached hydrogens (tertiary/aromatic N) is 1. The molecule has 0 saturated heterocycles. The average Bonchev–Trinajstić information content (AvgIpc) is 2.61. The third-order valence-corrected chi connectivity index (χ3v) is 4.62. The summed E-state index contributed by atoms with van der Waals surface area (Å²) in [5.74, 6) is 0. The van der Waals surface area contributed by atoms with E-state index >= 15 is 0 Å². The molecule has 6 nitrogen and oxygen atoms in total. The summed E-state index contributed by atoms with van der Waals surface area (Å²) in [6, 6.07) is 15.6. The van der Waals surface area contributed by atoms with Gasteiger partial charge in [0.05, 0.1) is 13.1 Å². The molecular formula is C19H29N3O3S. The first-order chi connectivity index (χ1) is 12.3. The van der Waals surface area contributed by atoms with Crippen LogP contribution in [-0.2, 0) is 10.1 Å². The zero-order valence-electron chi connectivity index (χ0n) is 15.8. The molecule has 0 amide bonds. The van der Waals surface area contributed by atoms with Crippen LogP contribution in [0, 0.1) is 0 Å². The van der Waals surface area contributed by atoms with Crippen molar-refractivity contribution in [3.05, 3.63) is 60.2 Å². The van der Waals surface area contributed by atoms with Crippen LogP contribution in [0.5, 0.6) is 0 Å². The smallest absolute Gasteiger partial charge is 0.143 e. The Balaban J connectivity index is 0.000000597. The van der Waals surface area contributed by atoms with Gasteiger partial charge >= 0.3 is 0 Å². The van der Waals surface area contributed by atoms with Crippen LogP contribution in [0.25, 0.3) is 0 Å². The zero-order chi connectivity index (χ0) is 19.6. The second-order valence-electron chi connectivity index (χ2n) is 5.97. The fraction of sp³-hybridized carbons (Fsp3) is 0.368. The van der Waals surface area contributed by atoms with Crippen LogP contribution in [0.15, 0.2) is 54.6 Å². The molecule has 0 spiro atoms. The van der Waals surface area contributed by atoms with Crippen molar-refractivity contribution >= 4 is 21.5 Å². The Bertz CT molecular complexity index is 730. The number of quaternary nitrogens is 1. The number of rotatable bonds is 7. The molecule has 2 aromatic carbocycles. The lowest BCUT2D eigenvalue weighted by atomic mass is 10.2. The lowest BCUT2D eigenvalue weighted by Crippen LogP contribution is -2.82. The molecule has 26 heavy (non-hydrogen) atoms. The van der Waals surface area contributed by atoms with Crippen molar-refractivity contribution in [2.24, 2.45) is 0 Å². The monoisotopic (exact) mass is 379 g/mol. The van der Waals surface area contributed by atoms with Crippen molar-refractivity contribution < 1.29 is 18.3 Å². The molecule has 0 bridgehead atoms. The summed E-state index contributed by atoms with van der Waals surface area (Å²) < 4.78 is 34.6. The fourth-order valence-electron chi connectivity index (χ4n) is 2.24. The number of anilines is 2. The largest absolute Gasteiger partial charge is 0.746 e. The Labute approximate surface area is 157 Å². The fourth-order valence-corrected chi connectivity index (χ4v) is 3.01. The van der Waals surface area contributed by atoms with Gasteiger partial charge in [-0.2, -0.15) is 0 Å². The third kappa shape index (κ3) is 7.43. The van der Waals surface area contributed by atoms with Crippen molar-refractivity contribution in [1.82, 2.24) is 0 Å². The van der Waals surface area contributed by atoms with Gasteiger partial charge in [0.25, 0.3) is 0 Å². The number of nitrogens with one attached hydrogen (secondary N) is 1. The number of para-hydroxylation sites is 1. The molecule has 0 radical (unpaired) electrons. The van der Waals surface area contributed by atoms with Crippen molar-refractivity contribution in [2.75, 3.05) is 37.4 Å². The minimum Gasteiger partial charge on any atom is -0.746 e. The van der Waals surface area contributed by atoms with E-state index in [1.807, 2.05) is 25.1 Å². The molecule has 0 aliphatic carbocycles. The Hall–Kier alpha value is -2.09.